The van der Waals surface area contributed by atoms with Crippen molar-refractivity contribution in [3.63, 3.8) is 0 Å². The molecule has 21 heavy (non-hydrogen) atoms. The second-order valence-corrected chi connectivity index (χ2v) is 6.07. The van der Waals surface area contributed by atoms with Gasteiger partial charge in [-0.15, -0.1) is 0 Å². The summed E-state index contributed by atoms with van der Waals surface area (Å²) < 4.78 is 0. The summed E-state index contributed by atoms with van der Waals surface area (Å²) in [6, 6.07) is 12.9. The Balaban J connectivity index is 1.60. The minimum Gasteiger partial charge on any atom is -0.341 e. The molecule has 0 saturated carbocycles. The quantitative estimate of drug-likeness (QED) is 0.861. The summed E-state index contributed by atoms with van der Waals surface area (Å²) in [7, 11) is 0. The molecule has 3 nitrogen and oxygen atoms in total. The molecule has 1 saturated heterocycles. The summed E-state index contributed by atoms with van der Waals surface area (Å²) >= 11 is 0. The molecule has 2 heterocycles. The standard InChI is InChI=1S/C18H23N3/c1-14-12-15(2)20-18(19-14)21-10-8-17(9-11-21)13-16-6-4-3-5-7-16/h3-7,12,17H,8-11,13H2,1-2H3. The van der Waals surface area contributed by atoms with Crippen molar-refractivity contribution in [2.75, 3.05) is 18.0 Å². The highest BCUT2D eigenvalue weighted by Gasteiger charge is 2.21. The third-order valence-electron chi connectivity index (χ3n) is 4.24. The van der Waals surface area contributed by atoms with Crippen molar-refractivity contribution in [1.82, 2.24) is 9.97 Å². The fourth-order valence-corrected chi connectivity index (χ4v) is 3.13. The Kier molecular flexibility index (Phi) is 4.18. The minimum absolute atomic E-state index is 0.787. The number of piperidine rings is 1. The van der Waals surface area contributed by atoms with Crippen LogP contribution in [0.25, 0.3) is 0 Å². The lowest BCUT2D eigenvalue weighted by Gasteiger charge is -2.32. The van der Waals surface area contributed by atoms with Crippen LogP contribution in [0.1, 0.15) is 29.8 Å². The van der Waals surface area contributed by atoms with E-state index in [1.54, 1.807) is 0 Å². The summed E-state index contributed by atoms with van der Waals surface area (Å²) in [5.74, 6) is 1.69. The van der Waals surface area contributed by atoms with E-state index in [2.05, 4.69) is 45.2 Å². The van der Waals surface area contributed by atoms with Crippen LogP contribution in [0.15, 0.2) is 36.4 Å². The van der Waals surface area contributed by atoms with Gasteiger partial charge < -0.3 is 4.90 Å². The highest BCUT2D eigenvalue weighted by molar-refractivity contribution is 5.32. The van der Waals surface area contributed by atoms with Gasteiger partial charge in [0.15, 0.2) is 0 Å². The molecular weight excluding hydrogens is 258 g/mol. The van der Waals surface area contributed by atoms with Crippen molar-refractivity contribution in [2.24, 2.45) is 5.92 Å². The van der Waals surface area contributed by atoms with Gasteiger partial charge in [-0.2, -0.15) is 0 Å². The monoisotopic (exact) mass is 281 g/mol. The largest absolute Gasteiger partial charge is 0.341 e. The topological polar surface area (TPSA) is 29.0 Å². The molecule has 0 amide bonds. The predicted molar refractivity (Wildman–Crippen MR) is 86.6 cm³/mol. The van der Waals surface area contributed by atoms with Gasteiger partial charge in [-0.3, -0.25) is 0 Å². The first-order chi connectivity index (χ1) is 10.2. The first kappa shape index (κ1) is 14.1. The Morgan fingerprint density at radius 3 is 2.24 bits per heavy atom. The van der Waals surface area contributed by atoms with E-state index in [4.69, 9.17) is 0 Å². The zero-order chi connectivity index (χ0) is 14.7. The number of aryl methyl sites for hydroxylation is 2. The SMILES string of the molecule is Cc1cc(C)nc(N2CCC(Cc3ccccc3)CC2)n1. The maximum atomic E-state index is 4.58. The van der Waals surface area contributed by atoms with Gasteiger partial charge in [0.25, 0.3) is 0 Å². The molecule has 1 aromatic heterocycles. The van der Waals surface area contributed by atoms with Gasteiger partial charge in [-0.25, -0.2) is 9.97 Å². The Hall–Kier alpha value is -1.90. The van der Waals surface area contributed by atoms with Gasteiger partial charge in [0.05, 0.1) is 0 Å². The summed E-state index contributed by atoms with van der Waals surface area (Å²) in [6.45, 7) is 6.22. The minimum atomic E-state index is 0.787. The van der Waals surface area contributed by atoms with E-state index < -0.39 is 0 Å². The Morgan fingerprint density at radius 2 is 1.62 bits per heavy atom. The van der Waals surface area contributed by atoms with Crippen molar-refractivity contribution in [2.45, 2.75) is 33.1 Å². The number of rotatable bonds is 3. The molecule has 1 aliphatic heterocycles. The Morgan fingerprint density at radius 1 is 1.00 bits per heavy atom. The van der Waals surface area contributed by atoms with Crippen LogP contribution >= 0.6 is 0 Å². The van der Waals surface area contributed by atoms with Crippen molar-refractivity contribution < 1.29 is 0 Å². The first-order valence-corrected chi connectivity index (χ1v) is 7.82. The third-order valence-corrected chi connectivity index (χ3v) is 4.24. The Labute approximate surface area is 127 Å². The molecular formula is C18H23N3. The number of hydrogen-bond donors (Lipinski definition) is 0. The lowest BCUT2D eigenvalue weighted by molar-refractivity contribution is 0.400. The molecule has 0 N–H and O–H groups in total. The lowest BCUT2D eigenvalue weighted by Crippen LogP contribution is -2.35. The fraction of sp³-hybridized carbons (Fsp3) is 0.444. The maximum Gasteiger partial charge on any atom is 0.225 e. The van der Waals surface area contributed by atoms with E-state index in [1.807, 2.05) is 19.9 Å². The zero-order valence-electron chi connectivity index (χ0n) is 12.9. The molecule has 3 heteroatoms. The Bertz CT molecular complexity index is 566. The van der Waals surface area contributed by atoms with E-state index in [9.17, 15) is 0 Å². The number of aromatic nitrogens is 2. The van der Waals surface area contributed by atoms with Crippen LogP contribution < -0.4 is 4.90 Å². The predicted octanol–water partition coefficient (Wildman–Crippen LogP) is 3.55. The van der Waals surface area contributed by atoms with Crippen molar-refractivity contribution >= 4 is 5.95 Å². The zero-order valence-corrected chi connectivity index (χ0v) is 12.9. The van der Waals surface area contributed by atoms with E-state index in [0.717, 1.165) is 36.3 Å². The maximum absolute atomic E-state index is 4.58. The smallest absolute Gasteiger partial charge is 0.225 e. The summed E-state index contributed by atoms with van der Waals surface area (Å²) in [4.78, 5) is 11.5. The van der Waals surface area contributed by atoms with Crippen LogP contribution in [0.4, 0.5) is 5.95 Å². The molecule has 0 aliphatic carbocycles. The molecule has 1 aromatic carbocycles. The average molecular weight is 281 g/mol. The van der Waals surface area contributed by atoms with Gasteiger partial charge in [-0.1, -0.05) is 30.3 Å². The average Bonchev–Trinajstić information content (AvgIpc) is 2.48. The molecule has 0 atom stereocenters. The van der Waals surface area contributed by atoms with Crippen LogP contribution in [-0.2, 0) is 6.42 Å². The number of hydrogen-bond acceptors (Lipinski definition) is 3. The van der Waals surface area contributed by atoms with E-state index >= 15 is 0 Å². The molecule has 2 aromatic rings. The first-order valence-electron chi connectivity index (χ1n) is 7.82. The summed E-state index contributed by atoms with van der Waals surface area (Å²) in [5, 5.41) is 0. The summed E-state index contributed by atoms with van der Waals surface area (Å²) in [6.07, 6.45) is 3.65. The van der Waals surface area contributed by atoms with E-state index in [0.29, 0.717) is 0 Å². The normalized spacial score (nSPS) is 16.2. The highest BCUT2D eigenvalue weighted by atomic mass is 15.3. The van der Waals surface area contributed by atoms with Crippen LogP contribution in [0.3, 0.4) is 0 Å². The van der Waals surface area contributed by atoms with E-state index in [1.165, 1.54) is 24.8 Å². The molecule has 110 valence electrons. The molecule has 1 aliphatic rings. The van der Waals surface area contributed by atoms with Crippen molar-refractivity contribution in [3.8, 4) is 0 Å². The molecule has 0 unspecified atom stereocenters. The fourth-order valence-electron chi connectivity index (χ4n) is 3.13. The van der Waals surface area contributed by atoms with E-state index in [-0.39, 0.29) is 0 Å². The number of anilines is 1. The molecule has 0 bridgehead atoms. The van der Waals surface area contributed by atoms with Crippen molar-refractivity contribution in [1.29, 1.82) is 0 Å². The second-order valence-electron chi connectivity index (χ2n) is 6.07. The molecule has 0 spiro atoms. The van der Waals surface area contributed by atoms with Gasteiger partial charge in [0, 0.05) is 24.5 Å². The highest BCUT2D eigenvalue weighted by Crippen LogP contribution is 2.24. The van der Waals surface area contributed by atoms with Crippen molar-refractivity contribution in [3.05, 3.63) is 53.3 Å². The van der Waals surface area contributed by atoms with Gasteiger partial charge in [-0.05, 0) is 50.7 Å². The second kappa shape index (κ2) is 6.25. The lowest BCUT2D eigenvalue weighted by atomic mass is 9.90. The number of nitrogens with zero attached hydrogens (tertiary/aromatic N) is 3. The van der Waals surface area contributed by atoms with Gasteiger partial charge in [0.2, 0.25) is 5.95 Å². The third kappa shape index (κ3) is 3.60. The van der Waals surface area contributed by atoms with Gasteiger partial charge in [0.1, 0.15) is 0 Å². The molecule has 0 radical (unpaired) electrons. The van der Waals surface area contributed by atoms with Crippen LogP contribution in [0, 0.1) is 19.8 Å². The van der Waals surface area contributed by atoms with Crippen LogP contribution in [0.2, 0.25) is 0 Å². The number of benzene rings is 1. The molecule has 3 rings (SSSR count). The van der Waals surface area contributed by atoms with Crippen LogP contribution in [0.5, 0.6) is 0 Å². The summed E-state index contributed by atoms with van der Waals surface area (Å²) in [5.41, 5.74) is 3.58. The molecule has 1 fully saturated rings. The van der Waals surface area contributed by atoms with Crippen LogP contribution in [-0.4, -0.2) is 23.1 Å². The van der Waals surface area contributed by atoms with Gasteiger partial charge >= 0.3 is 0 Å².